The van der Waals surface area contributed by atoms with E-state index in [9.17, 15) is 0 Å². The molecule has 3 aliphatic carbocycles. The van der Waals surface area contributed by atoms with Gasteiger partial charge in [-0.05, 0) is 199 Å². The zero-order valence-electron chi connectivity index (χ0n) is 45.3. The summed E-state index contributed by atoms with van der Waals surface area (Å²) >= 11 is 3.93. The standard InChI is InChI=1S/C69H85Br/c1-13-44(7)38-67(39-45(8)14-2)61-22-20-19-21-55(61)56-28-23-50(33-62(56)67)51-24-29-57-58-30-25-52(35-64(58)68(63(57)34-51,40-46(9)15-3)41-47(10)16-4)53-26-31-59-60-32-27-54(70)37-66(60)69(65(59)36-53,42-48(11)17-5)43-49(12)18-6/h19-37,44-49H,13-18,38-43H2,1-12H3/t44-,45-,46-,47-,48-,49-/m0/s1. The highest BCUT2D eigenvalue weighted by molar-refractivity contribution is 9.10. The predicted octanol–water partition coefficient (Wildman–Crippen LogP) is 21.2. The summed E-state index contributed by atoms with van der Waals surface area (Å²) in [6.45, 7) is 29.3. The van der Waals surface area contributed by atoms with Crippen molar-refractivity contribution >= 4 is 15.9 Å². The van der Waals surface area contributed by atoms with Crippen LogP contribution in [0.25, 0.3) is 55.6 Å². The van der Waals surface area contributed by atoms with Crippen molar-refractivity contribution in [1.82, 2.24) is 0 Å². The molecule has 6 atom stereocenters. The molecule has 0 aliphatic heterocycles. The monoisotopic (exact) mass is 993 g/mol. The van der Waals surface area contributed by atoms with Crippen LogP contribution in [0.1, 0.15) is 194 Å². The van der Waals surface area contributed by atoms with Crippen LogP contribution in [0.4, 0.5) is 0 Å². The molecule has 0 amide bonds. The van der Waals surface area contributed by atoms with E-state index >= 15 is 0 Å². The summed E-state index contributed by atoms with van der Waals surface area (Å²) in [5.74, 6) is 3.72. The quantitative estimate of drug-likeness (QED) is 0.0715. The molecule has 0 spiro atoms. The lowest BCUT2D eigenvalue weighted by Gasteiger charge is -2.38. The first-order chi connectivity index (χ1) is 33.7. The second kappa shape index (κ2) is 20.4. The molecule has 6 aromatic rings. The molecule has 0 saturated carbocycles. The fraction of sp³-hybridized carbons (Fsp3) is 0.478. The Hall–Kier alpha value is -4.20. The fourth-order valence-corrected chi connectivity index (χ4v) is 14.5. The first kappa shape index (κ1) is 50.7. The predicted molar refractivity (Wildman–Crippen MR) is 308 cm³/mol. The third-order valence-corrected chi connectivity index (χ3v) is 19.5. The normalized spacial score (nSPS) is 17.9. The molecule has 368 valence electrons. The van der Waals surface area contributed by atoms with Crippen LogP contribution in [-0.4, -0.2) is 0 Å². The van der Waals surface area contributed by atoms with Crippen LogP contribution in [0.15, 0.2) is 120 Å². The second-order valence-corrected chi connectivity index (χ2v) is 24.7. The van der Waals surface area contributed by atoms with Crippen molar-refractivity contribution in [1.29, 1.82) is 0 Å². The minimum Gasteiger partial charge on any atom is -0.0651 e. The van der Waals surface area contributed by atoms with Gasteiger partial charge in [0.1, 0.15) is 0 Å². The number of hydrogen-bond acceptors (Lipinski definition) is 0. The lowest BCUT2D eigenvalue weighted by molar-refractivity contribution is 0.308. The number of hydrogen-bond donors (Lipinski definition) is 0. The summed E-state index contributed by atoms with van der Waals surface area (Å²) < 4.78 is 1.19. The fourth-order valence-electron chi connectivity index (χ4n) is 14.1. The Bertz CT molecular complexity index is 2800. The molecule has 0 nitrogen and oxygen atoms in total. The van der Waals surface area contributed by atoms with Gasteiger partial charge in [0.15, 0.2) is 0 Å². The van der Waals surface area contributed by atoms with Crippen molar-refractivity contribution in [3.63, 3.8) is 0 Å². The van der Waals surface area contributed by atoms with Crippen LogP contribution >= 0.6 is 15.9 Å². The molecular formula is C69H85Br. The van der Waals surface area contributed by atoms with Crippen LogP contribution in [-0.2, 0) is 16.2 Å². The molecule has 0 radical (unpaired) electrons. The first-order valence-corrected chi connectivity index (χ1v) is 29.0. The van der Waals surface area contributed by atoms with E-state index in [-0.39, 0.29) is 16.2 Å². The molecule has 1 heteroatoms. The largest absolute Gasteiger partial charge is 0.0651 e. The van der Waals surface area contributed by atoms with E-state index in [0.29, 0.717) is 35.5 Å². The summed E-state index contributed by atoms with van der Waals surface area (Å²) in [7, 11) is 0. The maximum Gasteiger partial charge on any atom is 0.0220 e. The van der Waals surface area contributed by atoms with Gasteiger partial charge in [0.2, 0.25) is 0 Å². The van der Waals surface area contributed by atoms with Gasteiger partial charge in [-0.15, -0.1) is 0 Å². The number of rotatable bonds is 20. The SMILES string of the molecule is CC[C@H](C)CC1(C[C@@H](C)CC)c2ccccc2-c2ccc(-c3ccc4c(c3)C(C[C@@H](C)CC)(C[C@@H](C)CC)c3cc(-c5ccc6c(c5)C(C[C@@H](C)CC)(C[C@@H](C)CC)c5cc(Br)ccc5-6)ccc3-4)cc21. The van der Waals surface area contributed by atoms with Crippen LogP contribution in [0, 0.1) is 35.5 Å². The Balaban J connectivity index is 1.20. The van der Waals surface area contributed by atoms with E-state index in [2.05, 4.69) is 214 Å². The number of halogens is 1. The maximum absolute atomic E-state index is 3.93. The van der Waals surface area contributed by atoms with Crippen molar-refractivity contribution < 1.29 is 0 Å². The van der Waals surface area contributed by atoms with Gasteiger partial charge in [-0.2, -0.15) is 0 Å². The number of benzene rings is 6. The number of fused-ring (bicyclic) bond motifs is 9. The molecule has 0 saturated heterocycles. The van der Waals surface area contributed by atoms with E-state index in [4.69, 9.17) is 0 Å². The lowest BCUT2D eigenvalue weighted by Crippen LogP contribution is -2.30. The van der Waals surface area contributed by atoms with E-state index < -0.39 is 0 Å². The average molecular weight is 994 g/mol. The molecule has 0 unspecified atom stereocenters. The molecule has 0 N–H and O–H groups in total. The van der Waals surface area contributed by atoms with Gasteiger partial charge in [0.05, 0.1) is 0 Å². The van der Waals surface area contributed by atoms with Crippen LogP contribution in [0.2, 0.25) is 0 Å². The van der Waals surface area contributed by atoms with Gasteiger partial charge in [-0.3, -0.25) is 0 Å². The minimum absolute atomic E-state index is 0.0158. The summed E-state index contributed by atoms with van der Waals surface area (Å²) in [5, 5.41) is 0. The topological polar surface area (TPSA) is 0 Å². The molecule has 0 heterocycles. The van der Waals surface area contributed by atoms with Crippen molar-refractivity contribution in [2.24, 2.45) is 35.5 Å². The molecule has 6 aromatic carbocycles. The van der Waals surface area contributed by atoms with Crippen molar-refractivity contribution in [3.05, 3.63) is 153 Å². The van der Waals surface area contributed by atoms with Crippen molar-refractivity contribution in [2.75, 3.05) is 0 Å². The van der Waals surface area contributed by atoms with Crippen LogP contribution in [0.5, 0.6) is 0 Å². The lowest BCUT2D eigenvalue weighted by atomic mass is 9.65. The highest BCUT2D eigenvalue weighted by Crippen LogP contribution is 2.60. The van der Waals surface area contributed by atoms with E-state index in [0.717, 1.165) is 12.8 Å². The molecular weight excluding hydrogens is 909 g/mol. The average Bonchev–Trinajstić information content (AvgIpc) is 3.90. The van der Waals surface area contributed by atoms with E-state index in [1.165, 1.54) is 130 Å². The summed E-state index contributed by atoms with van der Waals surface area (Å²) in [6, 6.07) is 47.1. The summed E-state index contributed by atoms with van der Waals surface area (Å²) in [5.41, 5.74) is 23.4. The Morgan fingerprint density at radius 2 is 0.543 bits per heavy atom. The Morgan fingerprint density at radius 1 is 0.300 bits per heavy atom. The molecule has 9 rings (SSSR count). The molecule has 0 fully saturated rings. The Kier molecular flexibility index (Phi) is 14.8. The summed E-state index contributed by atoms with van der Waals surface area (Å²) in [4.78, 5) is 0. The van der Waals surface area contributed by atoms with Gasteiger partial charge >= 0.3 is 0 Å². The zero-order chi connectivity index (χ0) is 49.7. The van der Waals surface area contributed by atoms with Gasteiger partial charge in [-0.25, -0.2) is 0 Å². The van der Waals surface area contributed by atoms with Gasteiger partial charge in [-0.1, -0.05) is 216 Å². The Morgan fingerprint density at radius 3 is 0.843 bits per heavy atom. The third-order valence-electron chi connectivity index (χ3n) is 19.0. The first-order valence-electron chi connectivity index (χ1n) is 28.2. The minimum atomic E-state index is -0.0819. The highest BCUT2D eigenvalue weighted by atomic mass is 79.9. The molecule has 3 aliphatic rings. The molecule has 0 aromatic heterocycles. The highest BCUT2D eigenvalue weighted by Gasteiger charge is 2.48. The Labute approximate surface area is 434 Å². The third kappa shape index (κ3) is 8.73. The zero-order valence-corrected chi connectivity index (χ0v) is 46.9. The van der Waals surface area contributed by atoms with Gasteiger partial charge in [0.25, 0.3) is 0 Å². The van der Waals surface area contributed by atoms with Crippen LogP contribution in [0.3, 0.4) is 0 Å². The van der Waals surface area contributed by atoms with Gasteiger partial charge < -0.3 is 0 Å². The molecule has 0 bridgehead atoms. The second-order valence-electron chi connectivity index (χ2n) is 23.8. The molecule has 70 heavy (non-hydrogen) atoms. The van der Waals surface area contributed by atoms with Crippen molar-refractivity contribution in [3.8, 4) is 55.6 Å². The van der Waals surface area contributed by atoms with Crippen molar-refractivity contribution in [2.45, 2.75) is 176 Å². The smallest absolute Gasteiger partial charge is 0.0220 e. The van der Waals surface area contributed by atoms with Crippen LogP contribution < -0.4 is 0 Å². The summed E-state index contributed by atoms with van der Waals surface area (Å²) in [6.07, 6.45) is 14.2. The van der Waals surface area contributed by atoms with Gasteiger partial charge in [0, 0.05) is 20.7 Å². The van der Waals surface area contributed by atoms with E-state index in [1.807, 2.05) is 0 Å². The maximum atomic E-state index is 3.93. The van der Waals surface area contributed by atoms with E-state index in [1.54, 1.807) is 27.8 Å².